The SMILES string of the molecule is CCS(=O)(=O)N1CCC[C@@H](C(=O)c2ccc(-c3ccccc3)c(F)c2)C1. The Balaban J connectivity index is 1.81. The maximum atomic E-state index is 14.5. The highest BCUT2D eigenvalue weighted by Gasteiger charge is 2.32. The third kappa shape index (κ3) is 3.86. The highest BCUT2D eigenvalue weighted by Crippen LogP contribution is 2.27. The molecule has 0 aliphatic carbocycles. The Morgan fingerprint density at radius 3 is 2.58 bits per heavy atom. The normalized spacial score (nSPS) is 18.6. The lowest BCUT2D eigenvalue weighted by atomic mass is 9.90. The summed E-state index contributed by atoms with van der Waals surface area (Å²) in [5, 5.41) is 0. The van der Waals surface area contributed by atoms with Gasteiger partial charge in [-0.25, -0.2) is 17.1 Å². The number of carbonyl (C=O) groups is 1. The van der Waals surface area contributed by atoms with Crippen molar-refractivity contribution in [3.63, 3.8) is 0 Å². The minimum Gasteiger partial charge on any atom is -0.294 e. The monoisotopic (exact) mass is 375 g/mol. The zero-order chi connectivity index (χ0) is 18.7. The predicted molar refractivity (Wildman–Crippen MR) is 99.9 cm³/mol. The van der Waals surface area contributed by atoms with Crippen LogP contribution in [0.4, 0.5) is 4.39 Å². The lowest BCUT2D eigenvalue weighted by molar-refractivity contribution is 0.0872. The quantitative estimate of drug-likeness (QED) is 0.748. The van der Waals surface area contributed by atoms with Crippen LogP contribution in [-0.2, 0) is 10.0 Å². The van der Waals surface area contributed by atoms with E-state index in [1.54, 1.807) is 19.1 Å². The third-order valence-corrected chi connectivity index (χ3v) is 6.70. The number of halogens is 1. The van der Waals surface area contributed by atoms with Crippen LogP contribution in [-0.4, -0.2) is 37.3 Å². The highest BCUT2D eigenvalue weighted by atomic mass is 32.2. The fourth-order valence-electron chi connectivity index (χ4n) is 3.35. The van der Waals surface area contributed by atoms with Gasteiger partial charge in [0.1, 0.15) is 5.82 Å². The van der Waals surface area contributed by atoms with Gasteiger partial charge in [-0.05, 0) is 31.4 Å². The summed E-state index contributed by atoms with van der Waals surface area (Å²) in [6.07, 6.45) is 1.26. The average molecular weight is 375 g/mol. The lowest BCUT2D eigenvalue weighted by Crippen LogP contribution is -2.42. The lowest BCUT2D eigenvalue weighted by Gasteiger charge is -2.31. The summed E-state index contributed by atoms with van der Waals surface area (Å²) in [4.78, 5) is 12.8. The van der Waals surface area contributed by atoms with Gasteiger partial charge in [0.15, 0.2) is 5.78 Å². The van der Waals surface area contributed by atoms with E-state index in [9.17, 15) is 17.6 Å². The number of hydrogen-bond donors (Lipinski definition) is 0. The summed E-state index contributed by atoms with van der Waals surface area (Å²) in [6.45, 7) is 2.22. The molecule has 1 aliphatic rings. The Labute approximate surface area is 153 Å². The molecule has 1 atom stereocenters. The molecule has 4 nitrogen and oxygen atoms in total. The molecule has 26 heavy (non-hydrogen) atoms. The zero-order valence-electron chi connectivity index (χ0n) is 14.7. The molecule has 3 rings (SSSR count). The molecule has 6 heteroatoms. The van der Waals surface area contributed by atoms with Gasteiger partial charge in [-0.2, -0.15) is 0 Å². The molecule has 0 bridgehead atoms. The Kier molecular flexibility index (Phi) is 5.53. The van der Waals surface area contributed by atoms with E-state index in [2.05, 4.69) is 0 Å². The smallest absolute Gasteiger partial charge is 0.213 e. The molecule has 0 saturated carbocycles. The van der Waals surface area contributed by atoms with Crippen molar-refractivity contribution >= 4 is 15.8 Å². The molecule has 138 valence electrons. The first-order valence-electron chi connectivity index (χ1n) is 8.79. The van der Waals surface area contributed by atoms with Gasteiger partial charge in [-0.15, -0.1) is 0 Å². The number of carbonyl (C=O) groups excluding carboxylic acids is 1. The van der Waals surface area contributed by atoms with Crippen LogP contribution >= 0.6 is 0 Å². The number of benzene rings is 2. The Morgan fingerprint density at radius 1 is 1.19 bits per heavy atom. The molecule has 0 spiro atoms. The van der Waals surface area contributed by atoms with Crippen LogP contribution < -0.4 is 0 Å². The summed E-state index contributed by atoms with van der Waals surface area (Å²) >= 11 is 0. The molecule has 0 unspecified atom stereocenters. The van der Waals surface area contributed by atoms with E-state index in [1.165, 1.54) is 10.4 Å². The van der Waals surface area contributed by atoms with Crippen LogP contribution in [0, 0.1) is 11.7 Å². The van der Waals surface area contributed by atoms with Crippen LogP contribution in [0.2, 0.25) is 0 Å². The molecule has 0 N–H and O–H groups in total. The summed E-state index contributed by atoms with van der Waals surface area (Å²) in [6, 6.07) is 13.7. The molecule has 2 aromatic rings. The van der Waals surface area contributed by atoms with Crippen LogP contribution in [0.15, 0.2) is 48.5 Å². The molecular weight excluding hydrogens is 353 g/mol. The highest BCUT2D eigenvalue weighted by molar-refractivity contribution is 7.89. The number of piperidine rings is 1. The topological polar surface area (TPSA) is 54.5 Å². The molecule has 0 amide bonds. The number of sulfonamides is 1. The van der Waals surface area contributed by atoms with Crippen molar-refractivity contribution in [2.45, 2.75) is 19.8 Å². The summed E-state index contributed by atoms with van der Waals surface area (Å²) in [5.74, 6) is -1.05. The van der Waals surface area contributed by atoms with E-state index < -0.39 is 21.8 Å². The van der Waals surface area contributed by atoms with Crippen molar-refractivity contribution in [2.24, 2.45) is 5.92 Å². The molecular formula is C20H22FNO3S. The number of rotatable bonds is 5. The molecule has 1 saturated heterocycles. The van der Waals surface area contributed by atoms with E-state index in [4.69, 9.17) is 0 Å². The van der Waals surface area contributed by atoms with Gasteiger partial charge >= 0.3 is 0 Å². The summed E-state index contributed by atoms with van der Waals surface area (Å²) in [5.41, 5.74) is 1.49. The second-order valence-corrected chi connectivity index (χ2v) is 8.78. The Hall–Kier alpha value is -2.05. The van der Waals surface area contributed by atoms with Gasteiger partial charge in [-0.3, -0.25) is 4.79 Å². The third-order valence-electron chi connectivity index (χ3n) is 4.85. The predicted octanol–water partition coefficient (Wildman–Crippen LogP) is 3.74. The molecule has 1 heterocycles. The van der Waals surface area contributed by atoms with Crippen molar-refractivity contribution in [3.8, 4) is 11.1 Å². The van der Waals surface area contributed by atoms with Crippen LogP contribution in [0.1, 0.15) is 30.1 Å². The van der Waals surface area contributed by atoms with Crippen molar-refractivity contribution < 1.29 is 17.6 Å². The number of ketones is 1. The molecule has 0 aromatic heterocycles. The van der Waals surface area contributed by atoms with E-state index in [0.717, 1.165) is 5.56 Å². The minimum atomic E-state index is -3.31. The van der Waals surface area contributed by atoms with E-state index in [0.29, 0.717) is 30.5 Å². The molecule has 0 radical (unpaired) electrons. The fraction of sp³-hybridized carbons (Fsp3) is 0.350. The Morgan fingerprint density at radius 2 is 1.92 bits per heavy atom. The first kappa shape index (κ1) is 18.7. The van der Waals surface area contributed by atoms with Crippen LogP contribution in [0.3, 0.4) is 0 Å². The van der Waals surface area contributed by atoms with E-state index in [-0.39, 0.29) is 18.1 Å². The van der Waals surface area contributed by atoms with Gasteiger partial charge in [0, 0.05) is 30.1 Å². The minimum absolute atomic E-state index is 0.0221. The maximum absolute atomic E-state index is 14.5. The van der Waals surface area contributed by atoms with Crippen molar-refractivity contribution in [3.05, 3.63) is 59.9 Å². The van der Waals surface area contributed by atoms with Gasteiger partial charge < -0.3 is 0 Å². The van der Waals surface area contributed by atoms with Crippen LogP contribution in [0.5, 0.6) is 0 Å². The van der Waals surface area contributed by atoms with Gasteiger partial charge in [-0.1, -0.05) is 42.5 Å². The second kappa shape index (κ2) is 7.68. The maximum Gasteiger partial charge on any atom is 0.213 e. The van der Waals surface area contributed by atoms with Crippen LogP contribution in [0.25, 0.3) is 11.1 Å². The van der Waals surface area contributed by atoms with Gasteiger partial charge in [0.25, 0.3) is 0 Å². The largest absolute Gasteiger partial charge is 0.294 e. The van der Waals surface area contributed by atoms with Gasteiger partial charge in [0.2, 0.25) is 10.0 Å². The average Bonchev–Trinajstić information content (AvgIpc) is 2.68. The van der Waals surface area contributed by atoms with Crippen molar-refractivity contribution in [1.29, 1.82) is 0 Å². The number of hydrogen-bond acceptors (Lipinski definition) is 3. The first-order valence-corrected chi connectivity index (χ1v) is 10.4. The van der Waals surface area contributed by atoms with Crippen molar-refractivity contribution in [2.75, 3.05) is 18.8 Å². The fourth-order valence-corrected chi connectivity index (χ4v) is 4.53. The standard InChI is InChI=1S/C20H22FNO3S/c1-2-26(24,25)22-12-6-9-17(14-22)20(23)16-10-11-18(19(21)13-16)15-7-4-3-5-8-15/h3-5,7-8,10-11,13,17H,2,6,9,12,14H2,1H3/t17-/m1/s1. The van der Waals surface area contributed by atoms with E-state index in [1.807, 2.05) is 30.3 Å². The zero-order valence-corrected chi connectivity index (χ0v) is 15.5. The van der Waals surface area contributed by atoms with Gasteiger partial charge in [0.05, 0.1) is 5.75 Å². The summed E-state index contributed by atoms with van der Waals surface area (Å²) in [7, 11) is -3.31. The first-order chi connectivity index (χ1) is 12.4. The number of nitrogens with zero attached hydrogens (tertiary/aromatic N) is 1. The Bertz CT molecular complexity index is 897. The van der Waals surface area contributed by atoms with Crippen molar-refractivity contribution in [1.82, 2.24) is 4.31 Å². The molecule has 1 fully saturated rings. The summed E-state index contributed by atoms with van der Waals surface area (Å²) < 4.78 is 40.0. The molecule has 1 aliphatic heterocycles. The molecule has 2 aromatic carbocycles. The second-order valence-electron chi connectivity index (χ2n) is 6.52. The number of Topliss-reactive ketones (excluding diaryl/α,β-unsaturated/α-hetero) is 1. The van der Waals surface area contributed by atoms with E-state index >= 15 is 0 Å².